The summed E-state index contributed by atoms with van der Waals surface area (Å²) in [7, 11) is 0. The monoisotopic (exact) mass is 290 g/mol. The zero-order valence-electron chi connectivity index (χ0n) is 12.4. The van der Waals surface area contributed by atoms with E-state index in [0.717, 1.165) is 46.9 Å². The Labute approximate surface area is 129 Å². The average Bonchev–Trinajstić information content (AvgIpc) is 3.20. The van der Waals surface area contributed by atoms with Crippen molar-refractivity contribution < 1.29 is 4.79 Å². The molecule has 0 unspecified atom stereocenters. The fraction of sp³-hybridized carbons (Fsp3) is 0.211. The molecular formula is C19H18N2O. The summed E-state index contributed by atoms with van der Waals surface area (Å²) in [5.41, 5.74) is 3.75. The predicted octanol–water partition coefficient (Wildman–Crippen LogP) is 3.90. The summed E-state index contributed by atoms with van der Waals surface area (Å²) in [5, 5.41) is 5.61. The highest BCUT2D eigenvalue weighted by Gasteiger charge is 2.25. The molecule has 2 N–H and O–H groups in total. The van der Waals surface area contributed by atoms with Crippen LogP contribution in [-0.4, -0.2) is 23.4 Å². The lowest BCUT2D eigenvalue weighted by molar-refractivity contribution is 0.0952. The molecule has 0 amide bonds. The van der Waals surface area contributed by atoms with Crippen LogP contribution in [0.15, 0.2) is 43.0 Å². The van der Waals surface area contributed by atoms with Crippen molar-refractivity contribution in [1.82, 2.24) is 10.3 Å². The standard InChI is InChI=1S/C19H18N2O/c1-2-12-15(19(22)17-8-5-11-20-17)10-9-14-13-6-3-4-7-16(13)21-18(12)14/h2-4,6-7,9-10,17,20-21H,1,5,8,11H2/t17-/m0/s1. The minimum absolute atomic E-state index is 0.0551. The molecule has 0 saturated carbocycles. The molecule has 3 nitrogen and oxygen atoms in total. The molecule has 110 valence electrons. The maximum absolute atomic E-state index is 12.8. The zero-order valence-corrected chi connectivity index (χ0v) is 12.4. The first kappa shape index (κ1) is 13.3. The van der Waals surface area contributed by atoms with Crippen LogP contribution in [-0.2, 0) is 0 Å². The smallest absolute Gasteiger partial charge is 0.180 e. The van der Waals surface area contributed by atoms with Gasteiger partial charge in [-0.2, -0.15) is 0 Å². The number of hydrogen-bond acceptors (Lipinski definition) is 2. The summed E-state index contributed by atoms with van der Waals surface area (Å²) in [5.74, 6) is 0.174. The highest BCUT2D eigenvalue weighted by atomic mass is 16.1. The Hall–Kier alpha value is -2.39. The SMILES string of the molecule is C=Cc1c(C(=O)[C@@H]2CCCN2)ccc2c1[nH]c1ccccc12. The number of aromatic amines is 1. The summed E-state index contributed by atoms with van der Waals surface area (Å²) in [6.07, 6.45) is 3.77. The fourth-order valence-electron chi connectivity index (χ4n) is 3.46. The Kier molecular flexibility index (Phi) is 3.09. The van der Waals surface area contributed by atoms with Gasteiger partial charge in [-0.25, -0.2) is 0 Å². The molecule has 3 heteroatoms. The lowest BCUT2D eigenvalue weighted by Crippen LogP contribution is -2.31. The molecule has 1 saturated heterocycles. The quantitative estimate of drug-likeness (QED) is 0.719. The summed E-state index contributed by atoms with van der Waals surface area (Å²) in [6.45, 7) is 4.85. The van der Waals surface area contributed by atoms with E-state index in [4.69, 9.17) is 0 Å². The Morgan fingerprint density at radius 1 is 1.18 bits per heavy atom. The summed E-state index contributed by atoms with van der Waals surface area (Å²) in [6, 6.07) is 12.1. The van der Waals surface area contributed by atoms with Crippen molar-refractivity contribution in [2.75, 3.05) is 6.54 Å². The van der Waals surface area contributed by atoms with E-state index in [9.17, 15) is 4.79 Å². The third-order valence-electron chi connectivity index (χ3n) is 4.57. The number of ketones is 1. The highest BCUT2D eigenvalue weighted by molar-refractivity contribution is 6.14. The number of Topliss-reactive ketones (excluding diaryl/α,β-unsaturated/α-hetero) is 1. The van der Waals surface area contributed by atoms with E-state index in [1.165, 1.54) is 5.39 Å². The number of hydrogen-bond donors (Lipinski definition) is 2. The van der Waals surface area contributed by atoms with Crippen LogP contribution < -0.4 is 5.32 Å². The van der Waals surface area contributed by atoms with Gasteiger partial charge in [-0.3, -0.25) is 4.79 Å². The van der Waals surface area contributed by atoms with E-state index in [1.807, 2.05) is 24.3 Å². The largest absolute Gasteiger partial charge is 0.354 e. The number of carbonyl (C=O) groups is 1. The molecule has 1 aromatic heterocycles. The first-order valence-electron chi connectivity index (χ1n) is 7.73. The molecule has 3 aromatic rings. The van der Waals surface area contributed by atoms with Gasteiger partial charge in [0.1, 0.15) is 0 Å². The van der Waals surface area contributed by atoms with Crippen LogP contribution in [0.2, 0.25) is 0 Å². The number of para-hydroxylation sites is 1. The molecule has 0 spiro atoms. The van der Waals surface area contributed by atoms with Crippen molar-refractivity contribution in [1.29, 1.82) is 0 Å². The Morgan fingerprint density at radius 3 is 2.82 bits per heavy atom. The van der Waals surface area contributed by atoms with Gasteiger partial charge < -0.3 is 10.3 Å². The molecular weight excluding hydrogens is 272 g/mol. The van der Waals surface area contributed by atoms with Gasteiger partial charge in [0.15, 0.2) is 5.78 Å². The van der Waals surface area contributed by atoms with Crippen LogP contribution in [0.25, 0.3) is 27.9 Å². The van der Waals surface area contributed by atoms with Crippen LogP contribution in [0.1, 0.15) is 28.8 Å². The van der Waals surface area contributed by atoms with E-state index in [-0.39, 0.29) is 11.8 Å². The number of nitrogens with one attached hydrogen (secondary N) is 2. The molecule has 22 heavy (non-hydrogen) atoms. The van der Waals surface area contributed by atoms with Crippen molar-refractivity contribution in [2.24, 2.45) is 0 Å². The number of rotatable bonds is 3. The van der Waals surface area contributed by atoms with Gasteiger partial charge in [-0.15, -0.1) is 0 Å². The minimum atomic E-state index is -0.0551. The van der Waals surface area contributed by atoms with Crippen LogP contribution in [0.3, 0.4) is 0 Å². The number of benzene rings is 2. The summed E-state index contributed by atoms with van der Waals surface area (Å²) >= 11 is 0. The maximum Gasteiger partial charge on any atom is 0.180 e. The number of H-pyrrole nitrogens is 1. The second-order valence-corrected chi connectivity index (χ2v) is 5.84. The molecule has 1 aliphatic heterocycles. The second kappa shape index (κ2) is 5.11. The third kappa shape index (κ3) is 1.90. The Bertz CT molecular complexity index is 885. The molecule has 0 radical (unpaired) electrons. The van der Waals surface area contributed by atoms with Crippen LogP contribution in [0.5, 0.6) is 0 Å². The van der Waals surface area contributed by atoms with E-state index in [0.29, 0.717) is 0 Å². The topological polar surface area (TPSA) is 44.9 Å². The fourth-order valence-corrected chi connectivity index (χ4v) is 3.46. The first-order valence-corrected chi connectivity index (χ1v) is 7.73. The maximum atomic E-state index is 12.8. The van der Waals surface area contributed by atoms with Crippen molar-refractivity contribution in [3.63, 3.8) is 0 Å². The van der Waals surface area contributed by atoms with E-state index in [2.05, 4.69) is 29.0 Å². The molecule has 1 atom stereocenters. The molecule has 2 aromatic carbocycles. The van der Waals surface area contributed by atoms with Gasteiger partial charge in [0.05, 0.1) is 11.6 Å². The van der Waals surface area contributed by atoms with Crippen LogP contribution >= 0.6 is 0 Å². The molecule has 2 heterocycles. The molecule has 4 rings (SSSR count). The van der Waals surface area contributed by atoms with Gasteiger partial charge in [0, 0.05) is 27.4 Å². The summed E-state index contributed by atoms with van der Waals surface area (Å²) < 4.78 is 0. The van der Waals surface area contributed by atoms with Gasteiger partial charge >= 0.3 is 0 Å². The van der Waals surface area contributed by atoms with E-state index < -0.39 is 0 Å². The van der Waals surface area contributed by atoms with Crippen molar-refractivity contribution >= 4 is 33.7 Å². The average molecular weight is 290 g/mol. The first-order chi connectivity index (χ1) is 10.8. The van der Waals surface area contributed by atoms with Gasteiger partial charge in [0.2, 0.25) is 0 Å². The summed E-state index contributed by atoms with van der Waals surface area (Å²) in [4.78, 5) is 16.2. The predicted molar refractivity (Wildman–Crippen MR) is 91.3 cm³/mol. The number of aromatic nitrogens is 1. The Balaban J connectivity index is 1.94. The van der Waals surface area contributed by atoms with Gasteiger partial charge in [-0.05, 0) is 31.5 Å². The van der Waals surface area contributed by atoms with Crippen molar-refractivity contribution in [2.45, 2.75) is 18.9 Å². The van der Waals surface area contributed by atoms with E-state index >= 15 is 0 Å². The van der Waals surface area contributed by atoms with Crippen LogP contribution in [0, 0.1) is 0 Å². The zero-order chi connectivity index (χ0) is 15.1. The van der Waals surface area contributed by atoms with Gasteiger partial charge in [0.25, 0.3) is 0 Å². The molecule has 1 aliphatic rings. The Morgan fingerprint density at radius 2 is 2.05 bits per heavy atom. The van der Waals surface area contributed by atoms with Crippen molar-refractivity contribution in [3.8, 4) is 0 Å². The van der Waals surface area contributed by atoms with Crippen molar-refractivity contribution in [3.05, 3.63) is 54.1 Å². The van der Waals surface area contributed by atoms with Gasteiger partial charge in [-0.1, -0.05) is 36.9 Å². The highest BCUT2D eigenvalue weighted by Crippen LogP contribution is 2.31. The molecule has 0 aliphatic carbocycles. The second-order valence-electron chi connectivity index (χ2n) is 5.84. The molecule has 1 fully saturated rings. The lowest BCUT2D eigenvalue weighted by Gasteiger charge is -2.12. The molecule has 0 bridgehead atoms. The number of carbonyl (C=O) groups excluding carboxylic acids is 1. The normalized spacial score (nSPS) is 18.1. The third-order valence-corrected chi connectivity index (χ3v) is 4.57. The van der Waals surface area contributed by atoms with Crippen LogP contribution in [0.4, 0.5) is 0 Å². The number of fused-ring (bicyclic) bond motifs is 3. The lowest BCUT2D eigenvalue weighted by atomic mass is 9.95. The minimum Gasteiger partial charge on any atom is -0.354 e. The van der Waals surface area contributed by atoms with E-state index in [1.54, 1.807) is 6.08 Å².